The van der Waals surface area contributed by atoms with Crippen LogP contribution in [0.4, 0.5) is 4.39 Å². The van der Waals surface area contributed by atoms with Gasteiger partial charge < -0.3 is 5.32 Å². The summed E-state index contributed by atoms with van der Waals surface area (Å²) in [6.07, 6.45) is 3.63. The first-order chi connectivity index (χ1) is 10.0. The topological polar surface area (TPSA) is 15.3 Å². The third-order valence-corrected chi connectivity index (χ3v) is 4.60. The standard InChI is InChI=1S/C18H29FN2/c1-5-17-8-6-14(4)21(17)12-16-10-15(7-9-18(16)19)11-20-13(2)3/h7,9-10,13-14,17,20H,5-6,8,11-12H2,1-4H3. The van der Waals surface area contributed by atoms with Crippen molar-refractivity contribution in [2.45, 2.75) is 78.2 Å². The average Bonchev–Trinajstić information content (AvgIpc) is 2.80. The number of likely N-dealkylation sites (tertiary alicyclic amines) is 1. The summed E-state index contributed by atoms with van der Waals surface area (Å²) in [5.41, 5.74) is 2.00. The van der Waals surface area contributed by atoms with Crippen molar-refractivity contribution in [2.75, 3.05) is 0 Å². The number of hydrogen-bond acceptors (Lipinski definition) is 2. The Bertz CT molecular complexity index is 459. The second kappa shape index (κ2) is 7.37. The van der Waals surface area contributed by atoms with E-state index in [2.05, 4.69) is 37.9 Å². The third kappa shape index (κ3) is 4.27. The molecule has 1 heterocycles. The normalized spacial score (nSPS) is 23.1. The van der Waals surface area contributed by atoms with Crippen LogP contribution in [0.25, 0.3) is 0 Å². The molecule has 0 radical (unpaired) electrons. The zero-order valence-electron chi connectivity index (χ0n) is 13.8. The summed E-state index contributed by atoms with van der Waals surface area (Å²) >= 11 is 0. The molecule has 1 aromatic rings. The molecule has 2 nitrogen and oxygen atoms in total. The molecule has 1 N–H and O–H groups in total. The molecule has 0 aliphatic carbocycles. The molecule has 0 spiro atoms. The van der Waals surface area contributed by atoms with Gasteiger partial charge in [0.2, 0.25) is 0 Å². The molecule has 1 aromatic carbocycles. The molecule has 2 rings (SSSR count). The van der Waals surface area contributed by atoms with Gasteiger partial charge >= 0.3 is 0 Å². The van der Waals surface area contributed by atoms with Crippen molar-refractivity contribution >= 4 is 0 Å². The molecule has 118 valence electrons. The van der Waals surface area contributed by atoms with Gasteiger partial charge in [0.05, 0.1) is 0 Å². The summed E-state index contributed by atoms with van der Waals surface area (Å²) < 4.78 is 14.1. The fraction of sp³-hybridized carbons (Fsp3) is 0.667. The van der Waals surface area contributed by atoms with Gasteiger partial charge in [-0.25, -0.2) is 4.39 Å². The van der Waals surface area contributed by atoms with E-state index in [0.29, 0.717) is 18.1 Å². The number of benzene rings is 1. The molecule has 1 aliphatic rings. The van der Waals surface area contributed by atoms with Crippen molar-refractivity contribution in [1.82, 2.24) is 10.2 Å². The fourth-order valence-corrected chi connectivity index (χ4v) is 3.23. The van der Waals surface area contributed by atoms with Crippen molar-refractivity contribution in [3.8, 4) is 0 Å². The Morgan fingerprint density at radius 1 is 1.33 bits per heavy atom. The fourth-order valence-electron chi connectivity index (χ4n) is 3.23. The lowest BCUT2D eigenvalue weighted by Gasteiger charge is -2.28. The molecule has 2 atom stereocenters. The van der Waals surface area contributed by atoms with Crippen LogP contribution in [0.1, 0.15) is 58.1 Å². The number of rotatable bonds is 6. The number of nitrogens with zero attached hydrogens (tertiary/aromatic N) is 1. The van der Waals surface area contributed by atoms with Gasteiger partial charge in [0.15, 0.2) is 0 Å². The molecule has 21 heavy (non-hydrogen) atoms. The van der Waals surface area contributed by atoms with Crippen LogP contribution in [0.15, 0.2) is 18.2 Å². The lowest BCUT2D eigenvalue weighted by molar-refractivity contribution is 0.187. The van der Waals surface area contributed by atoms with E-state index in [4.69, 9.17) is 0 Å². The first-order valence-corrected chi connectivity index (χ1v) is 8.27. The molecular weight excluding hydrogens is 263 g/mol. The van der Waals surface area contributed by atoms with E-state index < -0.39 is 0 Å². The largest absolute Gasteiger partial charge is 0.310 e. The van der Waals surface area contributed by atoms with Gasteiger partial charge in [-0.15, -0.1) is 0 Å². The van der Waals surface area contributed by atoms with E-state index in [1.807, 2.05) is 12.1 Å². The third-order valence-electron chi connectivity index (χ3n) is 4.60. The molecule has 2 unspecified atom stereocenters. The lowest BCUT2D eigenvalue weighted by atomic mass is 10.1. The Labute approximate surface area is 128 Å². The summed E-state index contributed by atoms with van der Waals surface area (Å²) in [6.45, 7) is 10.3. The maximum atomic E-state index is 14.1. The van der Waals surface area contributed by atoms with Gasteiger partial charge in [-0.05, 0) is 37.8 Å². The molecule has 0 amide bonds. The van der Waals surface area contributed by atoms with Gasteiger partial charge in [-0.1, -0.05) is 32.9 Å². The summed E-state index contributed by atoms with van der Waals surface area (Å²) in [7, 11) is 0. The minimum Gasteiger partial charge on any atom is -0.310 e. The summed E-state index contributed by atoms with van der Waals surface area (Å²) in [6, 6.07) is 7.15. The quantitative estimate of drug-likeness (QED) is 0.849. The van der Waals surface area contributed by atoms with Gasteiger partial charge in [-0.2, -0.15) is 0 Å². The highest BCUT2D eigenvalue weighted by atomic mass is 19.1. The van der Waals surface area contributed by atoms with Crippen LogP contribution in [0.2, 0.25) is 0 Å². The van der Waals surface area contributed by atoms with Crippen LogP contribution in [0.5, 0.6) is 0 Å². The van der Waals surface area contributed by atoms with Crippen LogP contribution in [0, 0.1) is 5.82 Å². The molecule has 1 aliphatic heterocycles. The Balaban J connectivity index is 2.09. The van der Waals surface area contributed by atoms with Crippen molar-refractivity contribution in [1.29, 1.82) is 0 Å². The zero-order valence-corrected chi connectivity index (χ0v) is 13.8. The van der Waals surface area contributed by atoms with Gasteiger partial charge in [-0.3, -0.25) is 4.90 Å². The van der Waals surface area contributed by atoms with Crippen LogP contribution in [-0.2, 0) is 13.1 Å². The van der Waals surface area contributed by atoms with E-state index >= 15 is 0 Å². The van der Waals surface area contributed by atoms with Crippen LogP contribution < -0.4 is 5.32 Å². The van der Waals surface area contributed by atoms with E-state index in [1.165, 1.54) is 18.4 Å². The van der Waals surface area contributed by atoms with Gasteiger partial charge in [0.25, 0.3) is 0 Å². The zero-order chi connectivity index (χ0) is 15.4. The highest BCUT2D eigenvalue weighted by Gasteiger charge is 2.29. The Kier molecular flexibility index (Phi) is 5.77. The smallest absolute Gasteiger partial charge is 0.127 e. The highest BCUT2D eigenvalue weighted by molar-refractivity contribution is 5.25. The Hall–Kier alpha value is -0.930. The first kappa shape index (κ1) is 16.4. The predicted octanol–water partition coefficient (Wildman–Crippen LogP) is 4.09. The maximum absolute atomic E-state index is 14.1. The van der Waals surface area contributed by atoms with Crippen molar-refractivity contribution in [2.24, 2.45) is 0 Å². The second-order valence-corrected chi connectivity index (χ2v) is 6.62. The van der Waals surface area contributed by atoms with E-state index in [-0.39, 0.29) is 5.82 Å². The molecule has 0 saturated carbocycles. The highest BCUT2D eigenvalue weighted by Crippen LogP contribution is 2.28. The monoisotopic (exact) mass is 292 g/mol. The minimum atomic E-state index is -0.0720. The summed E-state index contributed by atoms with van der Waals surface area (Å²) in [4.78, 5) is 2.47. The molecule has 1 fully saturated rings. The molecule has 1 saturated heterocycles. The maximum Gasteiger partial charge on any atom is 0.127 e. The first-order valence-electron chi connectivity index (χ1n) is 8.27. The molecular formula is C18H29FN2. The number of nitrogens with one attached hydrogen (secondary N) is 1. The lowest BCUT2D eigenvalue weighted by Crippen LogP contribution is -2.33. The van der Waals surface area contributed by atoms with E-state index in [9.17, 15) is 4.39 Å². The second-order valence-electron chi connectivity index (χ2n) is 6.62. The van der Waals surface area contributed by atoms with Crippen LogP contribution in [-0.4, -0.2) is 23.0 Å². The number of halogens is 1. The van der Waals surface area contributed by atoms with Gasteiger partial charge in [0, 0.05) is 36.8 Å². The minimum absolute atomic E-state index is 0.0720. The molecule has 0 aromatic heterocycles. The summed E-state index contributed by atoms with van der Waals surface area (Å²) in [5, 5.41) is 3.39. The average molecular weight is 292 g/mol. The summed E-state index contributed by atoms with van der Waals surface area (Å²) in [5.74, 6) is -0.0720. The van der Waals surface area contributed by atoms with Crippen LogP contribution in [0.3, 0.4) is 0 Å². The Morgan fingerprint density at radius 3 is 2.76 bits per heavy atom. The Morgan fingerprint density at radius 2 is 2.10 bits per heavy atom. The predicted molar refractivity (Wildman–Crippen MR) is 86.7 cm³/mol. The SMILES string of the molecule is CCC1CCC(C)N1Cc1cc(CNC(C)C)ccc1F. The van der Waals surface area contributed by atoms with Crippen molar-refractivity contribution < 1.29 is 4.39 Å². The van der Waals surface area contributed by atoms with E-state index in [1.54, 1.807) is 6.07 Å². The number of hydrogen-bond donors (Lipinski definition) is 1. The molecule has 3 heteroatoms. The van der Waals surface area contributed by atoms with Crippen molar-refractivity contribution in [3.63, 3.8) is 0 Å². The molecule has 0 bridgehead atoms. The van der Waals surface area contributed by atoms with Crippen molar-refractivity contribution in [3.05, 3.63) is 35.1 Å². The van der Waals surface area contributed by atoms with E-state index in [0.717, 1.165) is 25.1 Å². The van der Waals surface area contributed by atoms with Crippen LogP contribution >= 0.6 is 0 Å². The van der Waals surface area contributed by atoms with Gasteiger partial charge in [0.1, 0.15) is 5.82 Å².